The number of aromatic nitrogens is 2. The van der Waals surface area contributed by atoms with E-state index in [2.05, 4.69) is 10.2 Å². The molecule has 2 rings (SSSR count). The van der Waals surface area contributed by atoms with Crippen LogP contribution in [-0.2, 0) is 12.8 Å². The molecule has 1 aromatic heterocycles. The van der Waals surface area contributed by atoms with Crippen molar-refractivity contribution in [2.24, 2.45) is 0 Å². The summed E-state index contributed by atoms with van der Waals surface area (Å²) in [4.78, 5) is 0. The van der Waals surface area contributed by atoms with Gasteiger partial charge in [0.1, 0.15) is 0 Å². The normalized spacial score (nSPS) is 10.6. The average Bonchev–Trinajstić information content (AvgIpc) is 2.70. The van der Waals surface area contributed by atoms with Crippen LogP contribution in [0.3, 0.4) is 0 Å². The smallest absolute Gasteiger partial charge is 0.220 e. The molecule has 0 amide bonds. The van der Waals surface area contributed by atoms with Gasteiger partial charge in [-0.2, -0.15) is 0 Å². The molecule has 5 heteroatoms. The van der Waals surface area contributed by atoms with Gasteiger partial charge in [-0.25, -0.2) is 0 Å². The first-order valence-corrected chi connectivity index (χ1v) is 5.81. The van der Waals surface area contributed by atoms with E-state index in [0.29, 0.717) is 35.5 Å². The van der Waals surface area contributed by atoms with Gasteiger partial charge in [0.05, 0.1) is 6.42 Å². The Morgan fingerprint density at radius 2 is 1.88 bits per heavy atom. The molecule has 0 radical (unpaired) electrons. The predicted octanol–water partition coefficient (Wildman–Crippen LogP) is 3.10. The fourth-order valence-electron chi connectivity index (χ4n) is 1.35. The lowest BCUT2D eigenvalue weighted by Crippen LogP contribution is -1.89. The monoisotopic (exact) mass is 256 g/mol. The first kappa shape index (κ1) is 11.4. The van der Waals surface area contributed by atoms with Crippen molar-refractivity contribution in [1.82, 2.24) is 10.2 Å². The Morgan fingerprint density at radius 1 is 1.12 bits per heavy atom. The average molecular weight is 257 g/mol. The van der Waals surface area contributed by atoms with Crippen molar-refractivity contribution in [3.63, 3.8) is 0 Å². The SMILES string of the molecule is ClCCc1nnc(Cc2ccccc2Cl)o1. The van der Waals surface area contributed by atoms with Gasteiger partial charge in [0.2, 0.25) is 11.8 Å². The molecule has 0 bridgehead atoms. The van der Waals surface area contributed by atoms with Crippen LogP contribution in [-0.4, -0.2) is 16.1 Å². The van der Waals surface area contributed by atoms with Crippen LogP contribution in [0.4, 0.5) is 0 Å². The van der Waals surface area contributed by atoms with Crippen LogP contribution in [0.25, 0.3) is 0 Å². The highest BCUT2D eigenvalue weighted by Gasteiger charge is 2.08. The van der Waals surface area contributed by atoms with E-state index in [1.165, 1.54) is 0 Å². The Kier molecular flexibility index (Phi) is 3.80. The van der Waals surface area contributed by atoms with E-state index in [1.807, 2.05) is 24.3 Å². The summed E-state index contributed by atoms with van der Waals surface area (Å²) in [6, 6.07) is 7.59. The summed E-state index contributed by atoms with van der Waals surface area (Å²) in [5, 5.41) is 8.53. The Hall–Kier alpha value is -1.06. The number of alkyl halides is 1. The zero-order chi connectivity index (χ0) is 11.4. The van der Waals surface area contributed by atoms with Crippen molar-refractivity contribution in [1.29, 1.82) is 0 Å². The Balaban J connectivity index is 2.11. The molecule has 0 fully saturated rings. The second kappa shape index (κ2) is 5.32. The molecule has 0 saturated carbocycles. The van der Waals surface area contributed by atoms with Gasteiger partial charge < -0.3 is 4.42 Å². The maximum Gasteiger partial charge on any atom is 0.220 e. The number of nitrogens with zero attached hydrogens (tertiary/aromatic N) is 2. The summed E-state index contributed by atoms with van der Waals surface area (Å²) in [6.07, 6.45) is 1.14. The predicted molar refractivity (Wildman–Crippen MR) is 63.0 cm³/mol. The van der Waals surface area contributed by atoms with E-state index < -0.39 is 0 Å². The maximum absolute atomic E-state index is 6.03. The van der Waals surface area contributed by atoms with E-state index in [0.717, 1.165) is 5.56 Å². The van der Waals surface area contributed by atoms with Gasteiger partial charge in [0, 0.05) is 17.3 Å². The number of hydrogen-bond acceptors (Lipinski definition) is 3. The van der Waals surface area contributed by atoms with Crippen molar-refractivity contribution in [3.05, 3.63) is 46.6 Å². The molecule has 1 aromatic carbocycles. The number of aryl methyl sites for hydroxylation is 1. The summed E-state index contributed by atoms with van der Waals surface area (Å²) >= 11 is 11.6. The molecule has 0 aliphatic rings. The molecule has 1 heterocycles. The molecule has 0 atom stereocenters. The third-order valence-electron chi connectivity index (χ3n) is 2.12. The summed E-state index contributed by atoms with van der Waals surface area (Å²) in [6.45, 7) is 0. The number of rotatable bonds is 4. The number of halogens is 2. The van der Waals surface area contributed by atoms with Crippen molar-refractivity contribution >= 4 is 23.2 Å². The zero-order valence-electron chi connectivity index (χ0n) is 8.49. The van der Waals surface area contributed by atoms with Crippen molar-refractivity contribution in [2.75, 3.05) is 5.88 Å². The number of hydrogen-bond donors (Lipinski definition) is 0. The minimum Gasteiger partial charge on any atom is -0.425 e. The molecule has 84 valence electrons. The van der Waals surface area contributed by atoms with E-state index in [1.54, 1.807) is 0 Å². The fourth-order valence-corrected chi connectivity index (χ4v) is 1.71. The summed E-state index contributed by atoms with van der Waals surface area (Å²) < 4.78 is 5.42. The van der Waals surface area contributed by atoms with Gasteiger partial charge in [-0.05, 0) is 11.6 Å². The molecule has 2 aromatic rings. The van der Waals surface area contributed by atoms with Crippen LogP contribution in [0.2, 0.25) is 5.02 Å². The third kappa shape index (κ3) is 2.74. The summed E-state index contributed by atoms with van der Waals surface area (Å²) in [5.41, 5.74) is 0.977. The highest BCUT2D eigenvalue weighted by atomic mass is 35.5. The second-order valence-electron chi connectivity index (χ2n) is 3.30. The van der Waals surface area contributed by atoms with Gasteiger partial charge in [-0.15, -0.1) is 21.8 Å². The molecule has 0 aliphatic heterocycles. The first-order valence-electron chi connectivity index (χ1n) is 4.90. The van der Waals surface area contributed by atoms with Gasteiger partial charge >= 0.3 is 0 Å². The third-order valence-corrected chi connectivity index (χ3v) is 2.67. The fraction of sp³-hybridized carbons (Fsp3) is 0.273. The molecule has 0 saturated heterocycles. The second-order valence-corrected chi connectivity index (χ2v) is 4.08. The lowest BCUT2D eigenvalue weighted by atomic mass is 10.1. The highest BCUT2D eigenvalue weighted by molar-refractivity contribution is 6.31. The van der Waals surface area contributed by atoms with Gasteiger partial charge in [0.15, 0.2) is 0 Å². The van der Waals surface area contributed by atoms with Crippen molar-refractivity contribution < 1.29 is 4.42 Å². The van der Waals surface area contributed by atoms with Crippen LogP contribution in [0, 0.1) is 0 Å². The van der Waals surface area contributed by atoms with E-state index in [9.17, 15) is 0 Å². The molecule has 3 nitrogen and oxygen atoms in total. The largest absolute Gasteiger partial charge is 0.425 e. The lowest BCUT2D eigenvalue weighted by Gasteiger charge is -1.99. The van der Waals surface area contributed by atoms with Crippen LogP contribution in [0.5, 0.6) is 0 Å². The van der Waals surface area contributed by atoms with Gasteiger partial charge in [-0.1, -0.05) is 29.8 Å². The Bertz CT molecular complexity index is 471. The van der Waals surface area contributed by atoms with Crippen LogP contribution < -0.4 is 0 Å². The van der Waals surface area contributed by atoms with Gasteiger partial charge in [-0.3, -0.25) is 0 Å². The van der Waals surface area contributed by atoms with E-state index >= 15 is 0 Å². The van der Waals surface area contributed by atoms with Crippen LogP contribution in [0.1, 0.15) is 17.3 Å². The van der Waals surface area contributed by atoms with Gasteiger partial charge in [0.25, 0.3) is 0 Å². The summed E-state index contributed by atoms with van der Waals surface area (Å²) in [5.74, 6) is 1.61. The number of benzene rings is 1. The standard InChI is InChI=1S/C11H10Cl2N2O/c12-6-5-10-14-15-11(16-10)7-8-3-1-2-4-9(8)13/h1-4H,5-7H2. The van der Waals surface area contributed by atoms with E-state index in [4.69, 9.17) is 27.6 Å². The van der Waals surface area contributed by atoms with Crippen LogP contribution in [0.15, 0.2) is 28.7 Å². The minimum absolute atomic E-state index is 0.480. The Morgan fingerprint density at radius 3 is 2.62 bits per heavy atom. The van der Waals surface area contributed by atoms with E-state index in [-0.39, 0.29) is 0 Å². The highest BCUT2D eigenvalue weighted by Crippen LogP contribution is 2.18. The maximum atomic E-state index is 6.03. The molecule has 0 spiro atoms. The van der Waals surface area contributed by atoms with Crippen molar-refractivity contribution in [3.8, 4) is 0 Å². The topological polar surface area (TPSA) is 38.9 Å². The zero-order valence-corrected chi connectivity index (χ0v) is 10.0. The summed E-state index contributed by atoms with van der Waals surface area (Å²) in [7, 11) is 0. The quantitative estimate of drug-likeness (QED) is 0.790. The molecule has 16 heavy (non-hydrogen) atoms. The molecular formula is C11H10Cl2N2O. The lowest BCUT2D eigenvalue weighted by molar-refractivity contribution is 0.463. The molecule has 0 N–H and O–H groups in total. The molecular weight excluding hydrogens is 247 g/mol. The first-order chi connectivity index (χ1) is 7.79. The molecule has 0 unspecified atom stereocenters. The molecule has 0 aliphatic carbocycles. The van der Waals surface area contributed by atoms with Crippen LogP contribution >= 0.6 is 23.2 Å². The minimum atomic E-state index is 0.480. The van der Waals surface area contributed by atoms with Crippen molar-refractivity contribution in [2.45, 2.75) is 12.8 Å². The Labute approximate surface area is 103 Å².